The maximum atomic E-state index is 4.53. The van der Waals surface area contributed by atoms with Crippen LogP contribution < -0.4 is 9.80 Å². The molecule has 2 aromatic rings. The molecule has 6 heteroatoms. The van der Waals surface area contributed by atoms with Crippen molar-refractivity contribution in [2.24, 2.45) is 5.92 Å². The van der Waals surface area contributed by atoms with Gasteiger partial charge in [-0.1, -0.05) is 38.8 Å². The van der Waals surface area contributed by atoms with E-state index in [1.165, 1.54) is 42.5 Å². The number of aryl methyl sites for hydroxylation is 2. The quantitative estimate of drug-likeness (QED) is 0.862. The van der Waals surface area contributed by atoms with E-state index >= 15 is 0 Å². The van der Waals surface area contributed by atoms with Gasteiger partial charge in [0.2, 0.25) is 5.82 Å². The number of benzene rings is 1. The topological polar surface area (TPSA) is 51.3 Å². The van der Waals surface area contributed by atoms with Gasteiger partial charge in [0.05, 0.1) is 32.2 Å². The van der Waals surface area contributed by atoms with Crippen LogP contribution in [-0.4, -0.2) is 46.4 Å². The largest absolute Gasteiger partial charge is 0.360 e. The number of aromatic nitrogens is 4. The number of rotatable bonds is 5. The Morgan fingerprint density at radius 1 is 1.07 bits per heavy atom. The molecule has 0 unspecified atom stereocenters. The van der Waals surface area contributed by atoms with E-state index in [0.717, 1.165) is 32.0 Å². The molecule has 0 amide bonds. The number of hydrogen-bond donors (Lipinski definition) is 1. The molecule has 1 aliphatic heterocycles. The molecule has 2 aliphatic rings. The van der Waals surface area contributed by atoms with Gasteiger partial charge in [0.1, 0.15) is 0 Å². The van der Waals surface area contributed by atoms with Gasteiger partial charge in [-0.2, -0.15) is 0 Å². The van der Waals surface area contributed by atoms with Crippen LogP contribution in [0.1, 0.15) is 68.6 Å². The molecular weight excluding hydrogens is 348 g/mol. The van der Waals surface area contributed by atoms with E-state index < -0.39 is 0 Å². The van der Waals surface area contributed by atoms with Gasteiger partial charge in [0.15, 0.2) is 6.04 Å². The zero-order valence-electron chi connectivity index (χ0n) is 17.9. The van der Waals surface area contributed by atoms with Crippen molar-refractivity contribution in [2.75, 3.05) is 31.1 Å². The summed E-state index contributed by atoms with van der Waals surface area (Å²) in [6.07, 6.45) is 5.05. The molecule has 1 aliphatic carbocycles. The highest BCUT2D eigenvalue weighted by Gasteiger charge is 2.36. The summed E-state index contributed by atoms with van der Waals surface area (Å²) in [6, 6.07) is 7.66. The highest BCUT2D eigenvalue weighted by molar-refractivity contribution is 5.55. The standard InChI is InChI=1S/C22H34N6/c1-16(2)21(22-23-24-25-28(22)19-7-5-6-8-19)27-13-11-26(12-14-27)20-15-17(3)9-10-18(20)4/h9-10,15-16,19,21H,5-8,11-14H2,1-4H3/p+1/t21-/m0/s1. The van der Waals surface area contributed by atoms with Crippen LogP contribution in [0.15, 0.2) is 18.2 Å². The van der Waals surface area contributed by atoms with Crippen LogP contribution in [0.5, 0.6) is 0 Å². The Bertz CT molecular complexity index is 784. The molecule has 1 aromatic carbocycles. The minimum Gasteiger partial charge on any atom is -0.360 e. The van der Waals surface area contributed by atoms with Crippen molar-refractivity contribution in [3.05, 3.63) is 35.2 Å². The molecule has 1 atom stereocenters. The van der Waals surface area contributed by atoms with Crippen molar-refractivity contribution in [3.63, 3.8) is 0 Å². The molecule has 0 spiro atoms. The molecule has 1 saturated carbocycles. The van der Waals surface area contributed by atoms with Gasteiger partial charge in [-0.15, -0.1) is 5.10 Å². The minimum atomic E-state index is 0.372. The second-order valence-electron chi connectivity index (χ2n) is 9.08. The maximum absolute atomic E-state index is 4.53. The molecule has 0 bridgehead atoms. The van der Waals surface area contributed by atoms with Crippen LogP contribution in [0.2, 0.25) is 0 Å². The molecule has 28 heavy (non-hydrogen) atoms. The Morgan fingerprint density at radius 3 is 2.46 bits per heavy atom. The average Bonchev–Trinajstić information content (AvgIpc) is 3.36. The SMILES string of the molecule is Cc1ccc(C)c(N2CC[NH+]([C@H](c3nnnn3C3CCCC3)C(C)C)CC2)c1. The van der Waals surface area contributed by atoms with Crippen LogP contribution in [-0.2, 0) is 0 Å². The van der Waals surface area contributed by atoms with E-state index in [-0.39, 0.29) is 0 Å². The Balaban J connectivity index is 1.50. The fourth-order valence-corrected chi connectivity index (χ4v) is 5.17. The van der Waals surface area contributed by atoms with E-state index in [0.29, 0.717) is 18.0 Å². The Labute approximate surface area is 168 Å². The van der Waals surface area contributed by atoms with Crippen molar-refractivity contribution in [3.8, 4) is 0 Å². The molecule has 1 aromatic heterocycles. The first-order valence-electron chi connectivity index (χ1n) is 11.0. The van der Waals surface area contributed by atoms with Gasteiger partial charge in [-0.25, -0.2) is 4.68 Å². The summed E-state index contributed by atoms with van der Waals surface area (Å²) in [4.78, 5) is 4.19. The second kappa shape index (κ2) is 8.19. The molecule has 0 radical (unpaired) electrons. The third-order valence-electron chi connectivity index (χ3n) is 6.68. The third kappa shape index (κ3) is 3.79. The Morgan fingerprint density at radius 2 is 1.79 bits per heavy atom. The van der Waals surface area contributed by atoms with Gasteiger partial charge in [-0.05, 0) is 54.3 Å². The summed E-state index contributed by atoms with van der Waals surface area (Å²) >= 11 is 0. The van der Waals surface area contributed by atoms with E-state index in [1.54, 1.807) is 4.90 Å². The van der Waals surface area contributed by atoms with Gasteiger partial charge in [0, 0.05) is 11.6 Å². The molecule has 2 heterocycles. The number of nitrogens with zero attached hydrogens (tertiary/aromatic N) is 5. The average molecular weight is 384 g/mol. The maximum Gasteiger partial charge on any atom is 0.209 e. The molecule has 4 rings (SSSR count). The van der Waals surface area contributed by atoms with Crippen molar-refractivity contribution < 1.29 is 4.90 Å². The lowest BCUT2D eigenvalue weighted by Gasteiger charge is -2.39. The zero-order chi connectivity index (χ0) is 19.7. The van der Waals surface area contributed by atoms with Crippen LogP contribution in [0.3, 0.4) is 0 Å². The van der Waals surface area contributed by atoms with Gasteiger partial charge >= 0.3 is 0 Å². The number of piperazine rings is 1. The number of nitrogens with one attached hydrogen (secondary N) is 1. The third-order valence-corrected chi connectivity index (χ3v) is 6.68. The summed E-state index contributed by atoms with van der Waals surface area (Å²) < 4.78 is 2.17. The summed E-state index contributed by atoms with van der Waals surface area (Å²) in [5, 5.41) is 13.0. The Hall–Kier alpha value is -1.95. The van der Waals surface area contributed by atoms with Crippen LogP contribution in [0.4, 0.5) is 5.69 Å². The number of tetrazole rings is 1. The summed E-state index contributed by atoms with van der Waals surface area (Å²) in [5.74, 6) is 1.63. The molecule has 1 saturated heterocycles. The van der Waals surface area contributed by atoms with Gasteiger partial charge in [0.25, 0.3) is 0 Å². The molecular formula is C22H35N6+. The number of hydrogen-bond acceptors (Lipinski definition) is 4. The van der Waals surface area contributed by atoms with Crippen LogP contribution in [0.25, 0.3) is 0 Å². The summed E-state index contributed by atoms with van der Waals surface area (Å²) in [6.45, 7) is 13.5. The summed E-state index contributed by atoms with van der Waals surface area (Å²) in [5.41, 5.74) is 4.11. The lowest BCUT2D eigenvalue weighted by Crippen LogP contribution is -3.15. The fourth-order valence-electron chi connectivity index (χ4n) is 5.17. The highest BCUT2D eigenvalue weighted by atomic mass is 15.6. The van der Waals surface area contributed by atoms with E-state index in [1.807, 2.05) is 0 Å². The van der Waals surface area contributed by atoms with Crippen molar-refractivity contribution in [1.82, 2.24) is 20.2 Å². The van der Waals surface area contributed by atoms with Crippen molar-refractivity contribution in [1.29, 1.82) is 0 Å². The number of quaternary nitrogens is 1. The second-order valence-corrected chi connectivity index (χ2v) is 9.08. The smallest absolute Gasteiger partial charge is 0.209 e. The molecule has 152 valence electrons. The van der Waals surface area contributed by atoms with Crippen molar-refractivity contribution in [2.45, 2.75) is 65.5 Å². The first kappa shape index (κ1) is 19.4. The first-order chi connectivity index (χ1) is 13.5. The van der Waals surface area contributed by atoms with Crippen LogP contribution in [0, 0.1) is 19.8 Å². The van der Waals surface area contributed by atoms with E-state index in [2.05, 4.69) is 71.0 Å². The van der Waals surface area contributed by atoms with Gasteiger partial charge in [-0.3, -0.25) is 0 Å². The predicted octanol–water partition coefficient (Wildman–Crippen LogP) is 2.51. The number of anilines is 1. The van der Waals surface area contributed by atoms with Crippen LogP contribution >= 0.6 is 0 Å². The fraction of sp³-hybridized carbons (Fsp3) is 0.682. The molecule has 1 N–H and O–H groups in total. The lowest BCUT2D eigenvalue weighted by molar-refractivity contribution is -0.937. The van der Waals surface area contributed by atoms with Gasteiger partial charge < -0.3 is 9.80 Å². The lowest BCUT2D eigenvalue weighted by atomic mass is 10.00. The molecule has 6 nitrogen and oxygen atoms in total. The molecule has 2 fully saturated rings. The predicted molar refractivity (Wildman–Crippen MR) is 112 cm³/mol. The normalized spacial score (nSPS) is 20.2. The van der Waals surface area contributed by atoms with E-state index in [9.17, 15) is 0 Å². The summed E-state index contributed by atoms with van der Waals surface area (Å²) in [7, 11) is 0. The zero-order valence-corrected chi connectivity index (χ0v) is 17.9. The minimum absolute atomic E-state index is 0.372. The van der Waals surface area contributed by atoms with Crippen molar-refractivity contribution >= 4 is 5.69 Å². The first-order valence-corrected chi connectivity index (χ1v) is 11.0. The monoisotopic (exact) mass is 383 g/mol. The Kier molecular flexibility index (Phi) is 5.67. The van der Waals surface area contributed by atoms with E-state index in [4.69, 9.17) is 0 Å². The highest BCUT2D eigenvalue weighted by Crippen LogP contribution is 2.31.